The summed E-state index contributed by atoms with van der Waals surface area (Å²) in [6, 6.07) is 20.7. The first-order chi connectivity index (χ1) is 8.34. The highest BCUT2D eigenvalue weighted by atomic mass is 127. The van der Waals surface area contributed by atoms with Crippen LogP contribution in [-0.4, -0.2) is 4.98 Å². The van der Waals surface area contributed by atoms with Crippen LogP contribution >= 0.6 is 22.6 Å². The maximum atomic E-state index is 4.74. The van der Waals surface area contributed by atoms with Gasteiger partial charge in [0.2, 0.25) is 0 Å². The van der Waals surface area contributed by atoms with Crippen LogP contribution in [0, 0.1) is 3.57 Å². The predicted octanol–water partition coefficient (Wildman–Crippen LogP) is 4.51. The van der Waals surface area contributed by atoms with Crippen molar-refractivity contribution in [3.8, 4) is 11.3 Å². The Morgan fingerprint density at radius 3 is 2.41 bits per heavy atom. The highest BCUT2D eigenvalue weighted by Crippen LogP contribution is 2.23. The Bertz CT molecular complexity index is 662. The molecule has 0 N–H and O–H groups in total. The van der Waals surface area contributed by atoms with Crippen molar-refractivity contribution in [3.63, 3.8) is 0 Å². The zero-order valence-corrected chi connectivity index (χ0v) is 11.3. The van der Waals surface area contributed by atoms with Crippen molar-refractivity contribution in [2.45, 2.75) is 0 Å². The summed E-state index contributed by atoms with van der Waals surface area (Å²) in [4.78, 5) is 4.74. The van der Waals surface area contributed by atoms with Crippen LogP contribution in [0.15, 0.2) is 60.7 Å². The van der Waals surface area contributed by atoms with Gasteiger partial charge in [-0.3, -0.25) is 0 Å². The Hall–Kier alpha value is -1.42. The average Bonchev–Trinajstić information content (AvgIpc) is 2.40. The normalized spacial score (nSPS) is 10.6. The molecule has 3 aromatic rings. The molecular formula is C15H10IN. The molecule has 2 heteroatoms. The minimum Gasteiger partial charge on any atom is -0.247 e. The summed E-state index contributed by atoms with van der Waals surface area (Å²) >= 11 is 2.33. The van der Waals surface area contributed by atoms with E-state index in [2.05, 4.69) is 65.1 Å². The fourth-order valence-corrected chi connectivity index (χ4v) is 2.52. The van der Waals surface area contributed by atoms with E-state index in [1.54, 1.807) is 0 Å². The highest BCUT2D eigenvalue weighted by molar-refractivity contribution is 14.1. The summed E-state index contributed by atoms with van der Waals surface area (Å²) < 4.78 is 1.19. The molecule has 0 amide bonds. The van der Waals surface area contributed by atoms with Gasteiger partial charge in [-0.25, -0.2) is 4.98 Å². The Kier molecular flexibility index (Phi) is 2.81. The number of hydrogen-bond donors (Lipinski definition) is 0. The smallest absolute Gasteiger partial charge is 0.0842 e. The van der Waals surface area contributed by atoms with Crippen molar-refractivity contribution in [2.24, 2.45) is 0 Å². The van der Waals surface area contributed by atoms with Gasteiger partial charge >= 0.3 is 0 Å². The third-order valence-electron chi connectivity index (χ3n) is 2.74. The van der Waals surface area contributed by atoms with E-state index in [1.807, 2.05) is 18.2 Å². The van der Waals surface area contributed by atoms with Crippen molar-refractivity contribution in [3.05, 3.63) is 64.2 Å². The molecule has 1 nitrogen and oxygen atoms in total. The van der Waals surface area contributed by atoms with Crippen LogP contribution in [0.5, 0.6) is 0 Å². The van der Waals surface area contributed by atoms with Crippen LogP contribution in [0.1, 0.15) is 0 Å². The van der Waals surface area contributed by atoms with Crippen molar-refractivity contribution in [1.29, 1.82) is 0 Å². The molecular weight excluding hydrogens is 321 g/mol. The van der Waals surface area contributed by atoms with Crippen molar-refractivity contribution >= 4 is 33.5 Å². The van der Waals surface area contributed by atoms with Gasteiger partial charge in [0, 0.05) is 14.5 Å². The molecule has 1 aromatic heterocycles. The van der Waals surface area contributed by atoms with E-state index in [4.69, 9.17) is 4.98 Å². The third-order valence-corrected chi connectivity index (χ3v) is 3.61. The summed E-state index contributed by atoms with van der Waals surface area (Å²) in [5, 5.41) is 1.19. The molecule has 0 aliphatic rings. The van der Waals surface area contributed by atoms with E-state index >= 15 is 0 Å². The molecule has 0 saturated heterocycles. The van der Waals surface area contributed by atoms with E-state index in [0.29, 0.717) is 0 Å². The summed E-state index contributed by atoms with van der Waals surface area (Å²) in [5.41, 5.74) is 3.27. The number of aromatic nitrogens is 1. The number of hydrogen-bond acceptors (Lipinski definition) is 1. The van der Waals surface area contributed by atoms with E-state index in [0.717, 1.165) is 16.8 Å². The van der Waals surface area contributed by atoms with Crippen molar-refractivity contribution in [1.82, 2.24) is 4.98 Å². The molecule has 0 atom stereocenters. The number of rotatable bonds is 1. The molecule has 0 saturated carbocycles. The van der Waals surface area contributed by atoms with Crippen LogP contribution in [0.3, 0.4) is 0 Å². The third kappa shape index (κ3) is 2.05. The van der Waals surface area contributed by atoms with Gasteiger partial charge in [0.1, 0.15) is 0 Å². The fraction of sp³-hybridized carbons (Fsp3) is 0. The van der Waals surface area contributed by atoms with E-state index < -0.39 is 0 Å². The molecule has 0 fully saturated rings. The Labute approximate surface area is 114 Å². The number of para-hydroxylation sites is 1. The van der Waals surface area contributed by atoms with Gasteiger partial charge in [-0.05, 0) is 34.7 Å². The molecule has 0 unspecified atom stereocenters. The summed E-state index contributed by atoms with van der Waals surface area (Å²) in [5.74, 6) is 0. The van der Waals surface area contributed by atoms with Crippen LogP contribution in [-0.2, 0) is 0 Å². The molecule has 82 valence electrons. The molecule has 0 spiro atoms. The maximum absolute atomic E-state index is 4.74. The molecule has 17 heavy (non-hydrogen) atoms. The minimum absolute atomic E-state index is 1.03. The molecule has 2 aromatic carbocycles. The maximum Gasteiger partial charge on any atom is 0.0842 e. The Morgan fingerprint density at radius 1 is 0.765 bits per heavy atom. The van der Waals surface area contributed by atoms with Gasteiger partial charge in [0.05, 0.1) is 11.2 Å². The van der Waals surface area contributed by atoms with Crippen molar-refractivity contribution < 1.29 is 0 Å². The molecule has 0 bridgehead atoms. The van der Waals surface area contributed by atoms with Crippen LogP contribution in [0.25, 0.3) is 22.2 Å². The second-order valence-electron chi connectivity index (χ2n) is 3.87. The number of pyridine rings is 1. The molecule has 3 rings (SSSR count). The van der Waals surface area contributed by atoms with Gasteiger partial charge in [-0.15, -0.1) is 0 Å². The second kappa shape index (κ2) is 4.45. The van der Waals surface area contributed by atoms with Crippen LogP contribution < -0.4 is 0 Å². The monoisotopic (exact) mass is 331 g/mol. The zero-order valence-electron chi connectivity index (χ0n) is 9.10. The number of nitrogens with zero attached hydrogens (tertiary/aromatic N) is 1. The molecule has 0 radical (unpaired) electrons. The van der Waals surface area contributed by atoms with Gasteiger partial charge in [-0.1, -0.05) is 48.5 Å². The zero-order chi connectivity index (χ0) is 11.7. The summed E-state index contributed by atoms with van der Waals surface area (Å²) in [6.07, 6.45) is 0. The first-order valence-electron chi connectivity index (χ1n) is 5.45. The lowest BCUT2D eigenvalue weighted by molar-refractivity contribution is 1.39. The first kappa shape index (κ1) is 10.7. The topological polar surface area (TPSA) is 12.9 Å². The number of benzene rings is 2. The molecule has 1 heterocycles. The standard InChI is InChI=1S/C15H10IN/c16-13-8-4-7-12-9-10-14(17-15(12)13)11-5-2-1-3-6-11/h1-10H. The van der Waals surface area contributed by atoms with Crippen LogP contribution in [0.2, 0.25) is 0 Å². The van der Waals surface area contributed by atoms with Gasteiger partial charge in [0.15, 0.2) is 0 Å². The highest BCUT2D eigenvalue weighted by Gasteiger charge is 2.03. The van der Waals surface area contributed by atoms with Gasteiger partial charge < -0.3 is 0 Å². The number of halogens is 1. The SMILES string of the molecule is Ic1cccc2ccc(-c3ccccc3)nc12. The quantitative estimate of drug-likeness (QED) is 0.598. The lowest BCUT2D eigenvalue weighted by atomic mass is 10.1. The van der Waals surface area contributed by atoms with Gasteiger partial charge in [-0.2, -0.15) is 0 Å². The Balaban J connectivity index is 2.23. The first-order valence-corrected chi connectivity index (χ1v) is 6.53. The largest absolute Gasteiger partial charge is 0.247 e. The minimum atomic E-state index is 1.03. The van der Waals surface area contributed by atoms with E-state index in [-0.39, 0.29) is 0 Å². The van der Waals surface area contributed by atoms with E-state index in [1.165, 1.54) is 8.96 Å². The second-order valence-corrected chi connectivity index (χ2v) is 5.04. The molecule has 0 aliphatic carbocycles. The Morgan fingerprint density at radius 2 is 1.59 bits per heavy atom. The predicted molar refractivity (Wildman–Crippen MR) is 79.9 cm³/mol. The number of fused-ring (bicyclic) bond motifs is 1. The summed E-state index contributed by atoms with van der Waals surface area (Å²) in [6.45, 7) is 0. The van der Waals surface area contributed by atoms with E-state index in [9.17, 15) is 0 Å². The lowest BCUT2D eigenvalue weighted by Gasteiger charge is -2.04. The summed E-state index contributed by atoms with van der Waals surface area (Å²) in [7, 11) is 0. The van der Waals surface area contributed by atoms with Gasteiger partial charge in [0.25, 0.3) is 0 Å². The fourth-order valence-electron chi connectivity index (χ4n) is 1.88. The van der Waals surface area contributed by atoms with Crippen LogP contribution in [0.4, 0.5) is 0 Å². The van der Waals surface area contributed by atoms with Crippen molar-refractivity contribution in [2.75, 3.05) is 0 Å². The average molecular weight is 331 g/mol. The lowest BCUT2D eigenvalue weighted by Crippen LogP contribution is -1.87. The molecule has 0 aliphatic heterocycles.